The predicted octanol–water partition coefficient (Wildman–Crippen LogP) is 6.89. The van der Waals surface area contributed by atoms with Gasteiger partial charge in [0.15, 0.2) is 0 Å². The van der Waals surface area contributed by atoms with Crippen LogP contribution in [0.15, 0.2) is 95.9 Å². The molecule has 7 heteroatoms. The van der Waals surface area contributed by atoms with E-state index in [0.717, 1.165) is 26.7 Å². The third-order valence-corrected chi connectivity index (χ3v) is 7.29. The average Bonchev–Trinajstić information content (AvgIpc) is 3.26. The zero-order valence-electron chi connectivity index (χ0n) is 20.7. The largest absolute Gasteiger partial charge is 0.496 e. The molecule has 0 saturated carbocycles. The minimum absolute atomic E-state index is 0.00408. The normalized spacial score (nSPS) is 11.9. The Morgan fingerprint density at radius 1 is 0.784 bits per heavy atom. The lowest BCUT2D eigenvalue weighted by Gasteiger charge is -2.15. The SMILES string of the molecule is COc1cccc(OC)c1C(=O)Nc1cccc(SC(C)C(=O)n2c3ccccc3c3ccccc32)c1. The maximum Gasteiger partial charge on any atom is 0.263 e. The Hall–Kier alpha value is -4.23. The first-order valence-corrected chi connectivity index (χ1v) is 12.7. The highest BCUT2D eigenvalue weighted by molar-refractivity contribution is 8.00. The summed E-state index contributed by atoms with van der Waals surface area (Å²) >= 11 is 1.45. The second-order valence-corrected chi connectivity index (χ2v) is 9.90. The Morgan fingerprint density at radius 2 is 1.35 bits per heavy atom. The van der Waals surface area contributed by atoms with Crippen molar-refractivity contribution in [1.29, 1.82) is 0 Å². The number of benzene rings is 4. The highest BCUT2D eigenvalue weighted by Crippen LogP contribution is 2.33. The third-order valence-electron chi connectivity index (χ3n) is 6.21. The molecule has 1 unspecified atom stereocenters. The number of fused-ring (bicyclic) bond motifs is 3. The molecule has 0 spiro atoms. The second kappa shape index (κ2) is 10.4. The van der Waals surface area contributed by atoms with Crippen molar-refractivity contribution >= 4 is 51.1 Å². The van der Waals surface area contributed by atoms with Gasteiger partial charge in [-0.1, -0.05) is 48.5 Å². The molecule has 0 aliphatic carbocycles. The van der Waals surface area contributed by atoms with Gasteiger partial charge in [0, 0.05) is 21.4 Å². The predicted molar refractivity (Wildman–Crippen MR) is 149 cm³/mol. The molecule has 5 aromatic rings. The van der Waals surface area contributed by atoms with Crippen molar-refractivity contribution in [2.75, 3.05) is 19.5 Å². The number of nitrogens with zero attached hydrogens (tertiary/aromatic N) is 1. The summed E-state index contributed by atoms with van der Waals surface area (Å²) in [4.78, 5) is 27.6. The first-order valence-electron chi connectivity index (χ1n) is 11.8. The van der Waals surface area contributed by atoms with Crippen LogP contribution in [0.1, 0.15) is 22.1 Å². The number of para-hydroxylation sites is 2. The number of ether oxygens (including phenoxy) is 2. The summed E-state index contributed by atoms with van der Waals surface area (Å²) in [5.41, 5.74) is 2.72. The Balaban J connectivity index is 1.39. The summed E-state index contributed by atoms with van der Waals surface area (Å²) in [6.45, 7) is 1.90. The number of amides is 1. The van der Waals surface area contributed by atoms with Gasteiger partial charge >= 0.3 is 0 Å². The maximum absolute atomic E-state index is 13.7. The third kappa shape index (κ3) is 4.66. The summed E-state index contributed by atoms with van der Waals surface area (Å²) in [6.07, 6.45) is 0. The first kappa shape index (κ1) is 24.5. The fourth-order valence-corrected chi connectivity index (χ4v) is 5.48. The molecule has 186 valence electrons. The Bertz CT molecular complexity index is 1550. The molecule has 0 saturated heterocycles. The number of hydrogen-bond donors (Lipinski definition) is 1. The highest BCUT2D eigenvalue weighted by Gasteiger charge is 2.22. The summed E-state index contributed by atoms with van der Waals surface area (Å²) < 4.78 is 12.5. The van der Waals surface area contributed by atoms with E-state index in [1.54, 1.807) is 18.2 Å². The van der Waals surface area contributed by atoms with Crippen molar-refractivity contribution in [3.63, 3.8) is 0 Å². The van der Waals surface area contributed by atoms with Crippen LogP contribution in [0.4, 0.5) is 5.69 Å². The molecule has 0 aliphatic heterocycles. The number of rotatable bonds is 7. The van der Waals surface area contributed by atoms with E-state index >= 15 is 0 Å². The molecule has 1 atom stereocenters. The number of carbonyl (C=O) groups is 2. The van der Waals surface area contributed by atoms with Gasteiger partial charge in [-0.15, -0.1) is 11.8 Å². The molecule has 4 aromatic carbocycles. The molecule has 1 aromatic heterocycles. The maximum atomic E-state index is 13.7. The Labute approximate surface area is 219 Å². The number of nitrogens with one attached hydrogen (secondary N) is 1. The topological polar surface area (TPSA) is 69.6 Å². The molecule has 0 fully saturated rings. The molecule has 0 radical (unpaired) electrons. The number of carbonyl (C=O) groups excluding carboxylic acids is 2. The fourth-order valence-electron chi connectivity index (χ4n) is 4.51. The van der Waals surface area contributed by atoms with Crippen molar-refractivity contribution < 1.29 is 19.1 Å². The van der Waals surface area contributed by atoms with E-state index < -0.39 is 0 Å². The van der Waals surface area contributed by atoms with Crippen molar-refractivity contribution in [3.8, 4) is 11.5 Å². The number of methoxy groups -OCH3 is 2. The molecular formula is C30H26N2O4S. The first-order chi connectivity index (χ1) is 18.0. The lowest BCUT2D eigenvalue weighted by atomic mass is 10.1. The van der Waals surface area contributed by atoms with Crippen LogP contribution in [-0.4, -0.2) is 35.9 Å². The zero-order chi connectivity index (χ0) is 25.9. The molecule has 1 N–H and O–H groups in total. The standard InChI is InChI=1S/C30H26N2O4S/c1-19(30(34)32-24-14-6-4-12-22(24)23-13-5-7-15-25(23)32)37-21-11-8-10-20(18-21)31-29(33)28-26(35-2)16-9-17-27(28)36-3/h4-19H,1-3H3,(H,31,33). The number of aromatic nitrogens is 1. The van der Waals surface area contributed by atoms with Gasteiger partial charge in [-0.05, 0) is 49.4 Å². The summed E-state index contributed by atoms with van der Waals surface area (Å²) in [7, 11) is 3.02. The lowest BCUT2D eigenvalue weighted by Crippen LogP contribution is -2.21. The van der Waals surface area contributed by atoms with Crippen LogP contribution >= 0.6 is 11.8 Å². The monoisotopic (exact) mass is 510 g/mol. The van der Waals surface area contributed by atoms with E-state index in [4.69, 9.17) is 9.47 Å². The van der Waals surface area contributed by atoms with Gasteiger partial charge in [-0.2, -0.15) is 0 Å². The molecule has 37 heavy (non-hydrogen) atoms. The van der Waals surface area contributed by atoms with Crippen LogP contribution < -0.4 is 14.8 Å². The van der Waals surface area contributed by atoms with Crippen LogP contribution in [0.25, 0.3) is 21.8 Å². The average molecular weight is 511 g/mol. The minimum atomic E-state index is -0.362. The van der Waals surface area contributed by atoms with E-state index in [1.807, 2.05) is 84.3 Å². The van der Waals surface area contributed by atoms with Crippen molar-refractivity contribution in [3.05, 3.63) is 96.6 Å². The van der Waals surface area contributed by atoms with E-state index in [0.29, 0.717) is 22.7 Å². The molecule has 1 heterocycles. The number of thioether (sulfide) groups is 1. The van der Waals surface area contributed by atoms with Crippen LogP contribution in [0.5, 0.6) is 11.5 Å². The van der Waals surface area contributed by atoms with Gasteiger partial charge < -0.3 is 14.8 Å². The Morgan fingerprint density at radius 3 is 1.95 bits per heavy atom. The van der Waals surface area contributed by atoms with Gasteiger partial charge in [-0.25, -0.2) is 0 Å². The summed E-state index contributed by atoms with van der Waals surface area (Å²) in [5, 5.41) is 4.67. The number of anilines is 1. The van der Waals surface area contributed by atoms with E-state index in [9.17, 15) is 9.59 Å². The molecule has 5 rings (SSSR count). The molecular weight excluding hydrogens is 484 g/mol. The molecule has 1 amide bonds. The number of hydrogen-bond acceptors (Lipinski definition) is 5. The van der Waals surface area contributed by atoms with E-state index in [2.05, 4.69) is 5.32 Å². The highest BCUT2D eigenvalue weighted by atomic mass is 32.2. The van der Waals surface area contributed by atoms with Gasteiger partial charge in [0.2, 0.25) is 5.91 Å². The van der Waals surface area contributed by atoms with E-state index in [1.165, 1.54) is 26.0 Å². The van der Waals surface area contributed by atoms with Crippen LogP contribution in [0.2, 0.25) is 0 Å². The smallest absolute Gasteiger partial charge is 0.263 e. The van der Waals surface area contributed by atoms with Gasteiger partial charge in [0.1, 0.15) is 17.1 Å². The minimum Gasteiger partial charge on any atom is -0.496 e. The van der Waals surface area contributed by atoms with Crippen LogP contribution in [-0.2, 0) is 0 Å². The lowest BCUT2D eigenvalue weighted by molar-refractivity contribution is 0.0924. The van der Waals surface area contributed by atoms with Crippen molar-refractivity contribution in [2.24, 2.45) is 0 Å². The molecule has 6 nitrogen and oxygen atoms in total. The van der Waals surface area contributed by atoms with Crippen molar-refractivity contribution in [1.82, 2.24) is 4.57 Å². The summed E-state index contributed by atoms with van der Waals surface area (Å²) in [6, 6.07) is 28.6. The Kier molecular flexibility index (Phi) is 6.88. The quantitative estimate of drug-likeness (QED) is 0.242. The second-order valence-electron chi connectivity index (χ2n) is 8.49. The molecule has 0 aliphatic rings. The van der Waals surface area contributed by atoms with Gasteiger partial charge in [-0.3, -0.25) is 14.2 Å². The molecule has 0 bridgehead atoms. The van der Waals surface area contributed by atoms with Crippen LogP contribution in [0.3, 0.4) is 0 Å². The van der Waals surface area contributed by atoms with Gasteiger partial charge in [0.05, 0.1) is 30.5 Å². The van der Waals surface area contributed by atoms with Gasteiger partial charge in [0.25, 0.3) is 5.91 Å². The van der Waals surface area contributed by atoms with E-state index in [-0.39, 0.29) is 17.1 Å². The fraction of sp³-hybridized carbons (Fsp3) is 0.133. The summed E-state index contributed by atoms with van der Waals surface area (Å²) in [5.74, 6) is 0.502. The zero-order valence-corrected chi connectivity index (χ0v) is 21.5. The van der Waals surface area contributed by atoms with Crippen LogP contribution in [0, 0.1) is 0 Å². The van der Waals surface area contributed by atoms with Crippen molar-refractivity contribution in [2.45, 2.75) is 17.1 Å².